The first-order chi connectivity index (χ1) is 7.98. The van der Waals surface area contributed by atoms with Crippen molar-refractivity contribution in [1.29, 1.82) is 0 Å². The zero-order valence-electron chi connectivity index (χ0n) is 12.3. The molecule has 0 aliphatic heterocycles. The van der Waals surface area contributed by atoms with Gasteiger partial charge in [-0.2, -0.15) is 11.8 Å². The highest BCUT2D eigenvalue weighted by molar-refractivity contribution is 7.98. The molecule has 0 spiro atoms. The third kappa shape index (κ3) is 6.12. The topological polar surface area (TPSA) is 15.3 Å². The zero-order chi connectivity index (χ0) is 12.9. The summed E-state index contributed by atoms with van der Waals surface area (Å²) < 4.78 is 0. The highest BCUT2D eigenvalue weighted by atomic mass is 32.2. The van der Waals surface area contributed by atoms with Crippen molar-refractivity contribution in [1.82, 2.24) is 10.2 Å². The van der Waals surface area contributed by atoms with E-state index in [2.05, 4.69) is 44.3 Å². The number of hydrogen-bond acceptors (Lipinski definition) is 3. The van der Waals surface area contributed by atoms with Crippen molar-refractivity contribution in [2.75, 3.05) is 32.1 Å². The molecule has 1 atom stereocenters. The van der Waals surface area contributed by atoms with Gasteiger partial charge in [0.15, 0.2) is 0 Å². The highest BCUT2D eigenvalue weighted by Crippen LogP contribution is 2.23. The summed E-state index contributed by atoms with van der Waals surface area (Å²) in [5.41, 5.74) is 0.378. The van der Waals surface area contributed by atoms with Crippen LogP contribution in [0.15, 0.2) is 0 Å². The Hall–Kier alpha value is 0.270. The van der Waals surface area contributed by atoms with Crippen LogP contribution in [0.5, 0.6) is 0 Å². The predicted molar refractivity (Wildman–Crippen MR) is 79.9 cm³/mol. The maximum atomic E-state index is 3.66. The van der Waals surface area contributed by atoms with Crippen LogP contribution < -0.4 is 5.32 Å². The van der Waals surface area contributed by atoms with Crippen LogP contribution in [-0.4, -0.2) is 49.1 Å². The molecule has 17 heavy (non-hydrogen) atoms. The molecule has 3 heteroatoms. The molecule has 0 aromatic heterocycles. The molecule has 1 saturated carbocycles. The summed E-state index contributed by atoms with van der Waals surface area (Å²) in [6, 6.07) is 1.55. The van der Waals surface area contributed by atoms with E-state index in [0.29, 0.717) is 5.41 Å². The Balaban J connectivity index is 2.31. The Kier molecular flexibility index (Phi) is 6.32. The van der Waals surface area contributed by atoms with Crippen LogP contribution >= 0.6 is 11.8 Å². The van der Waals surface area contributed by atoms with Crippen LogP contribution in [-0.2, 0) is 0 Å². The smallest absolute Gasteiger partial charge is 0.0180 e. The molecule has 0 heterocycles. The monoisotopic (exact) mass is 258 g/mol. The summed E-state index contributed by atoms with van der Waals surface area (Å²) in [7, 11) is 2.28. The summed E-state index contributed by atoms with van der Waals surface area (Å²) in [5, 5.41) is 3.66. The molecule has 1 fully saturated rings. The fourth-order valence-electron chi connectivity index (χ4n) is 2.32. The molecule has 1 aliphatic rings. The van der Waals surface area contributed by atoms with Crippen molar-refractivity contribution in [3.63, 3.8) is 0 Å². The lowest BCUT2D eigenvalue weighted by molar-refractivity contribution is 0.164. The minimum absolute atomic E-state index is 0.378. The molecule has 102 valence electrons. The van der Waals surface area contributed by atoms with Gasteiger partial charge in [0.05, 0.1) is 0 Å². The Labute approximate surface area is 112 Å². The van der Waals surface area contributed by atoms with Gasteiger partial charge >= 0.3 is 0 Å². The summed E-state index contributed by atoms with van der Waals surface area (Å²) in [6.45, 7) is 9.39. The van der Waals surface area contributed by atoms with E-state index in [-0.39, 0.29) is 0 Å². The molecular formula is C14H30N2S. The fraction of sp³-hybridized carbons (Fsp3) is 1.00. The zero-order valence-corrected chi connectivity index (χ0v) is 13.1. The van der Waals surface area contributed by atoms with Crippen LogP contribution in [0, 0.1) is 5.41 Å². The first-order valence-electron chi connectivity index (χ1n) is 6.91. The molecule has 1 aliphatic carbocycles. The molecule has 0 aromatic carbocycles. The lowest BCUT2D eigenvalue weighted by Crippen LogP contribution is -2.44. The maximum Gasteiger partial charge on any atom is 0.0180 e. The lowest BCUT2D eigenvalue weighted by atomic mass is 9.92. The molecule has 0 amide bonds. The third-order valence-electron chi connectivity index (χ3n) is 3.58. The van der Waals surface area contributed by atoms with Gasteiger partial charge in [0.2, 0.25) is 0 Å². The summed E-state index contributed by atoms with van der Waals surface area (Å²) in [5.74, 6) is 1.25. The second-order valence-electron chi connectivity index (χ2n) is 6.25. The van der Waals surface area contributed by atoms with Crippen molar-refractivity contribution in [3.8, 4) is 0 Å². The molecule has 0 radical (unpaired) electrons. The van der Waals surface area contributed by atoms with Gasteiger partial charge in [-0.25, -0.2) is 0 Å². The fourth-order valence-corrected chi connectivity index (χ4v) is 3.19. The van der Waals surface area contributed by atoms with Gasteiger partial charge < -0.3 is 10.2 Å². The Bertz CT molecular complexity index is 214. The van der Waals surface area contributed by atoms with Crippen LogP contribution in [0.1, 0.15) is 40.0 Å². The molecule has 0 saturated heterocycles. The van der Waals surface area contributed by atoms with Gasteiger partial charge in [-0.1, -0.05) is 20.8 Å². The molecule has 0 bridgehead atoms. The number of nitrogens with one attached hydrogen (secondary N) is 1. The van der Waals surface area contributed by atoms with E-state index in [4.69, 9.17) is 0 Å². The second-order valence-corrected chi connectivity index (χ2v) is 7.16. The van der Waals surface area contributed by atoms with Crippen molar-refractivity contribution in [2.24, 2.45) is 5.41 Å². The summed E-state index contributed by atoms with van der Waals surface area (Å²) >= 11 is 1.96. The van der Waals surface area contributed by atoms with Crippen LogP contribution in [0.3, 0.4) is 0 Å². The molecule has 1 rings (SSSR count). The van der Waals surface area contributed by atoms with E-state index in [0.717, 1.165) is 18.6 Å². The van der Waals surface area contributed by atoms with E-state index >= 15 is 0 Å². The van der Waals surface area contributed by atoms with Crippen LogP contribution in [0.4, 0.5) is 0 Å². The maximum absolute atomic E-state index is 3.66. The lowest BCUT2D eigenvalue weighted by Gasteiger charge is -2.35. The molecule has 1 N–H and O–H groups in total. The number of nitrogens with zero attached hydrogens (tertiary/aromatic N) is 1. The van der Waals surface area contributed by atoms with Gasteiger partial charge in [-0.15, -0.1) is 0 Å². The van der Waals surface area contributed by atoms with E-state index in [1.54, 1.807) is 0 Å². The Morgan fingerprint density at radius 2 is 2.06 bits per heavy atom. The number of hydrogen-bond donors (Lipinski definition) is 1. The predicted octanol–water partition coefficient (Wildman–Crippen LogP) is 2.84. The SMILES string of the molecule is CCC(CSC)N(C)CC(C)(C)CNC1CC1. The van der Waals surface area contributed by atoms with Gasteiger partial charge in [0, 0.05) is 30.9 Å². The average Bonchev–Trinajstić information content (AvgIpc) is 3.06. The second kappa shape index (κ2) is 7.01. The normalized spacial score (nSPS) is 18.7. The van der Waals surface area contributed by atoms with E-state index < -0.39 is 0 Å². The van der Waals surface area contributed by atoms with Gasteiger partial charge in [0.1, 0.15) is 0 Å². The summed E-state index contributed by atoms with van der Waals surface area (Å²) in [4.78, 5) is 2.55. The highest BCUT2D eigenvalue weighted by Gasteiger charge is 2.27. The van der Waals surface area contributed by atoms with E-state index in [1.807, 2.05) is 11.8 Å². The first-order valence-corrected chi connectivity index (χ1v) is 8.30. The largest absolute Gasteiger partial charge is 0.313 e. The molecule has 1 unspecified atom stereocenters. The van der Waals surface area contributed by atoms with Gasteiger partial charge in [-0.05, 0) is 38.0 Å². The van der Waals surface area contributed by atoms with E-state index in [1.165, 1.54) is 31.6 Å². The van der Waals surface area contributed by atoms with Gasteiger partial charge in [0.25, 0.3) is 0 Å². The van der Waals surface area contributed by atoms with Crippen molar-refractivity contribution in [2.45, 2.75) is 52.1 Å². The van der Waals surface area contributed by atoms with Gasteiger partial charge in [-0.3, -0.25) is 0 Å². The van der Waals surface area contributed by atoms with Crippen molar-refractivity contribution < 1.29 is 0 Å². The van der Waals surface area contributed by atoms with Crippen LogP contribution in [0.25, 0.3) is 0 Å². The minimum Gasteiger partial charge on any atom is -0.313 e. The molecule has 2 nitrogen and oxygen atoms in total. The van der Waals surface area contributed by atoms with Crippen molar-refractivity contribution >= 4 is 11.8 Å². The summed E-state index contributed by atoms with van der Waals surface area (Å²) in [6.07, 6.45) is 6.23. The minimum atomic E-state index is 0.378. The van der Waals surface area contributed by atoms with Crippen LogP contribution in [0.2, 0.25) is 0 Å². The average molecular weight is 258 g/mol. The van der Waals surface area contributed by atoms with E-state index in [9.17, 15) is 0 Å². The van der Waals surface area contributed by atoms with Crippen molar-refractivity contribution in [3.05, 3.63) is 0 Å². The number of rotatable bonds is 9. The Morgan fingerprint density at radius 3 is 2.53 bits per heavy atom. The molecular weight excluding hydrogens is 228 g/mol. The first kappa shape index (κ1) is 15.3. The quantitative estimate of drug-likeness (QED) is 0.684. The molecule has 0 aromatic rings. The third-order valence-corrected chi connectivity index (χ3v) is 4.30. The number of thioether (sulfide) groups is 1. The Morgan fingerprint density at radius 1 is 1.41 bits per heavy atom. The standard InChI is InChI=1S/C14H30N2S/c1-6-13(9-17-5)16(4)11-14(2,3)10-15-12-7-8-12/h12-13,15H,6-11H2,1-5H3.